The molecule has 4 N–H and O–H groups in total. The first-order chi connectivity index (χ1) is 15.6. The second kappa shape index (κ2) is 8.29. The lowest BCUT2D eigenvalue weighted by molar-refractivity contribution is -0.115. The van der Waals surface area contributed by atoms with Crippen LogP contribution in [0.25, 0.3) is 11.7 Å². The summed E-state index contributed by atoms with van der Waals surface area (Å²) in [6.45, 7) is 2.14. The lowest BCUT2D eigenvalue weighted by atomic mass is 10.0. The van der Waals surface area contributed by atoms with Crippen LogP contribution in [0.4, 0.5) is 16.7 Å². The Labute approximate surface area is 184 Å². The number of anilines is 2. The van der Waals surface area contributed by atoms with Gasteiger partial charge in [-0.2, -0.15) is 19.6 Å². The van der Waals surface area contributed by atoms with E-state index < -0.39 is 11.9 Å². The molecule has 1 unspecified atom stereocenters. The molecule has 10 heteroatoms. The average Bonchev–Trinajstić information content (AvgIpc) is 3.42. The number of carbonyl (C=O) groups is 2. The van der Waals surface area contributed by atoms with Crippen molar-refractivity contribution in [2.45, 2.75) is 44.7 Å². The SMILES string of the molecule is CCCC(Nc1nc(NC2CC2)n2ncc(/C=C3\NC(=O)NC3=O)c2n1)c1ccccc1. The summed E-state index contributed by atoms with van der Waals surface area (Å²) in [5, 5.41) is 16.0. The summed E-state index contributed by atoms with van der Waals surface area (Å²) in [6, 6.07) is 10.1. The van der Waals surface area contributed by atoms with Crippen LogP contribution in [-0.4, -0.2) is 37.6 Å². The highest BCUT2D eigenvalue weighted by atomic mass is 16.2. The Morgan fingerprint density at radius 3 is 2.69 bits per heavy atom. The minimum Gasteiger partial charge on any atom is -0.351 e. The van der Waals surface area contributed by atoms with Crippen molar-refractivity contribution in [3.05, 3.63) is 53.4 Å². The highest BCUT2D eigenvalue weighted by Crippen LogP contribution is 2.27. The molecule has 1 aliphatic carbocycles. The number of nitrogens with one attached hydrogen (secondary N) is 4. The summed E-state index contributed by atoms with van der Waals surface area (Å²) in [4.78, 5) is 32.8. The third-order valence-corrected chi connectivity index (χ3v) is 5.41. The maximum absolute atomic E-state index is 12.0. The van der Waals surface area contributed by atoms with E-state index in [4.69, 9.17) is 9.97 Å². The van der Waals surface area contributed by atoms with Gasteiger partial charge in [-0.25, -0.2) is 4.79 Å². The van der Waals surface area contributed by atoms with Gasteiger partial charge in [-0.1, -0.05) is 43.7 Å². The van der Waals surface area contributed by atoms with E-state index in [-0.39, 0.29) is 11.7 Å². The third-order valence-electron chi connectivity index (χ3n) is 5.41. The first kappa shape index (κ1) is 20.0. The van der Waals surface area contributed by atoms with Crippen molar-refractivity contribution in [3.63, 3.8) is 0 Å². The zero-order valence-corrected chi connectivity index (χ0v) is 17.6. The van der Waals surface area contributed by atoms with Crippen LogP contribution in [-0.2, 0) is 4.79 Å². The molecule has 1 saturated carbocycles. The summed E-state index contributed by atoms with van der Waals surface area (Å²) in [7, 11) is 0. The van der Waals surface area contributed by atoms with Gasteiger partial charge in [0.25, 0.3) is 5.91 Å². The van der Waals surface area contributed by atoms with Gasteiger partial charge < -0.3 is 16.0 Å². The number of benzene rings is 1. The smallest absolute Gasteiger partial charge is 0.326 e. The molecule has 5 rings (SSSR count). The highest BCUT2D eigenvalue weighted by molar-refractivity contribution is 6.14. The molecule has 1 atom stereocenters. The Bertz CT molecular complexity index is 1200. The number of amides is 3. The van der Waals surface area contributed by atoms with E-state index in [0.717, 1.165) is 31.2 Å². The van der Waals surface area contributed by atoms with Crippen molar-refractivity contribution in [2.24, 2.45) is 0 Å². The molecule has 32 heavy (non-hydrogen) atoms. The van der Waals surface area contributed by atoms with Crippen LogP contribution >= 0.6 is 0 Å². The molecule has 1 aromatic carbocycles. The average molecular weight is 432 g/mol. The number of aromatic nitrogens is 4. The standard InChI is InChI=1S/C22H24N8O2/c1-2-6-16(13-7-4-3-5-8-13)25-20-27-18-14(11-17-19(31)28-22(32)26-17)12-23-30(18)21(29-20)24-15-9-10-15/h3-5,7-8,11-12,15-16H,2,6,9-10H2,1H3,(H2,24,25,27,29)(H2,26,28,31,32)/b17-11-. The topological polar surface area (TPSA) is 125 Å². The minimum absolute atomic E-state index is 0.0575. The van der Waals surface area contributed by atoms with E-state index in [1.807, 2.05) is 18.2 Å². The van der Waals surface area contributed by atoms with Gasteiger partial charge >= 0.3 is 6.03 Å². The van der Waals surface area contributed by atoms with Crippen LogP contribution in [0, 0.1) is 0 Å². The Hall–Kier alpha value is -3.95. The van der Waals surface area contributed by atoms with Crippen LogP contribution in [0.15, 0.2) is 42.2 Å². The first-order valence-corrected chi connectivity index (χ1v) is 10.8. The molecule has 3 amide bonds. The van der Waals surface area contributed by atoms with Gasteiger partial charge in [0.15, 0.2) is 5.65 Å². The van der Waals surface area contributed by atoms with Crippen molar-refractivity contribution in [3.8, 4) is 0 Å². The predicted molar refractivity (Wildman–Crippen MR) is 120 cm³/mol. The second-order valence-electron chi connectivity index (χ2n) is 7.99. The number of carbonyl (C=O) groups excluding carboxylic acids is 2. The Balaban J connectivity index is 1.54. The maximum Gasteiger partial charge on any atom is 0.326 e. The van der Waals surface area contributed by atoms with E-state index in [1.54, 1.807) is 16.8 Å². The molecule has 1 aliphatic heterocycles. The number of urea groups is 1. The van der Waals surface area contributed by atoms with Gasteiger partial charge in [0.05, 0.1) is 12.2 Å². The predicted octanol–water partition coefficient (Wildman–Crippen LogP) is 2.83. The first-order valence-electron chi connectivity index (χ1n) is 10.8. The minimum atomic E-state index is -0.545. The molecule has 164 valence electrons. The number of hydrogen-bond donors (Lipinski definition) is 4. The summed E-state index contributed by atoms with van der Waals surface area (Å²) >= 11 is 0. The third kappa shape index (κ3) is 4.11. The molecule has 2 fully saturated rings. The quantitative estimate of drug-likeness (QED) is 0.319. The Kier molecular flexibility index (Phi) is 5.18. The van der Waals surface area contributed by atoms with Crippen LogP contribution < -0.4 is 21.3 Å². The number of imide groups is 1. The molecular formula is C22H24N8O2. The maximum atomic E-state index is 12.0. The van der Waals surface area contributed by atoms with E-state index in [0.29, 0.717) is 29.1 Å². The molecule has 1 saturated heterocycles. The van der Waals surface area contributed by atoms with Crippen LogP contribution in [0.5, 0.6) is 0 Å². The molecule has 0 spiro atoms. The fraction of sp³-hybridized carbons (Fsp3) is 0.318. The molecule has 0 bridgehead atoms. The Morgan fingerprint density at radius 2 is 2.00 bits per heavy atom. The zero-order chi connectivity index (χ0) is 22.1. The van der Waals surface area contributed by atoms with Gasteiger partial charge in [-0.15, -0.1) is 0 Å². The van der Waals surface area contributed by atoms with Gasteiger partial charge in [0.1, 0.15) is 5.70 Å². The number of nitrogens with zero attached hydrogens (tertiary/aromatic N) is 4. The summed E-state index contributed by atoms with van der Waals surface area (Å²) in [6.07, 6.45) is 7.27. The molecule has 3 aromatic rings. The summed E-state index contributed by atoms with van der Waals surface area (Å²) in [5.74, 6) is 0.584. The second-order valence-corrected chi connectivity index (χ2v) is 7.99. The molecule has 0 radical (unpaired) electrons. The van der Waals surface area contributed by atoms with Crippen LogP contribution in [0.1, 0.15) is 49.8 Å². The fourth-order valence-electron chi connectivity index (χ4n) is 3.65. The van der Waals surface area contributed by atoms with E-state index in [9.17, 15) is 9.59 Å². The number of rotatable bonds is 8. The van der Waals surface area contributed by atoms with E-state index >= 15 is 0 Å². The summed E-state index contributed by atoms with van der Waals surface area (Å²) in [5.41, 5.74) is 2.46. The molecule has 3 heterocycles. The van der Waals surface area contributed by atoms with E-state index in [1.165, 1.54) is 0 Å². The number of hydrogen-bond acceptors (Lipinski definition) is 7. The summed E-state index contributed by atoms with van der Waals surface area (Å²) < 4.78 is 1.63. The zero-order valence-electron chi connectivity index (χ0n) is 17.6. The highest BCUT2D eigenvalue weighted by Gasteiger charge is 2.26. The van der Waals surface area contributed by atoms with Crippen molar-refractivity contribution in [1.82, 2.24) is 30.2 Å². The van der Waals surface area contributed by atoms with E-state index in [2.05, 4.69) is 45.4 Å². The van der Waals surface area contributed by atoms with Crippen molar-refractivity contribution in [1.29, 1.82) is 0 Å². The monoisotopic (exact) mass is 432 g/mol. The van der Waals surface area contributed by atoms with Gasteiger partial charge in [-0.05, 0) is 30.9 Å². The van der Waals surface area contributed by atoms with Crippen LogP contribution in [0.3, 0.4) is 0 Å². The molecular weight excluding hydrogens is 408 g/mol. The van der Waals surface area contributed by atoms with Crippen LogP contribution in [0.2, 0.25) is 0 Å². The Morgan fingerprint density at radius 1 is 1.19 bits per heavy atom. The molecule has 2 aromatic heterocycles. The van der Waals surface area contributed by atoms with Gasteiger partial charge in [0.2, 0.25) is 11.9 Å². The fourth-order valence-corrected chi connectivity index (χ4v) is 3.65. The van der Waals surface area contributed by atoms with Crippen molar-refractivity contribution >= 4 is 35.6 Å². The van der Waals surface area contributed by atoms with Gasteiger partial charge in [0, 0.05) is 11.6 Å². The lowest BCUT2D eigenvalue weighted by Gasteiger charge is -2.19. The molecule has 10 nitrogen and oxygen atoms in total. The lowest BCUT2D eigenvalue weighted by Crippen LogP contribution is -2.22. The largest absolute Gasteiger partial charge is 0.351 e. The normalized spacial score (nSPS) is 18.0. The number of fused-ring (bicyclic) bond motifs is 1. The molecule has 2 aliphatic rings. The van der Waals surface area contributed by atoms with Gasteiger partial charge in [-0.3, -0.25) is 10.1 Å². The van der Waals surface area contributed by atoms with Crippen molar-refractivity contribution in [2.75, 3.05) is 10.6 Å². The van der Waals surface area contributed by atoms with Crippen molar-refractivity contribution < 1.29 is 9.59 Å².